The van der Waals surface area contributed by atoms with Crippen molar-refractivity contribution in [3.8, 4) is 0 Å². The highest BCUT2D eigenvalue weighted by atomic mass is 79.9. The quantitative estimate of drug-likeness (QED) is 0.868. The third-order valence-corrected chi connectivity index (χ3v) is 4.37. The normalized spacial score (nSPS) is 18.7. The minimum absolute atomic E-state index is 0.409. The van der Waals surface area contributed by atoms with Gasteiger partial charge in [-0.2, -0.15) is 0 Å². The summed E-state index contributed by atoms with van der Waals surface area (Å²) in [6.07, 6.45) is 3.06. The average molecular weight is 311 g/mol. The Morgan fingerprint density at radius 2 is 1.94 bits per heavy atom. The van der Waals surface area contributed by atoms with Crippen LogP contribution in [-0.2, 0) is 4.79 Å². The number of hydrogen-bond acceptors (Lipinski definition) is 2. The van der Waals surface area contributed by atoms with E-state index in [1.54, 1.807) is 0 Å². The van der Waals surface area contributed by atoms with Gasteiger partial charge in [-0.3, -0.25) is 4.79 Å². The van der Waals surface area contributed by atoms with Crippen LogP contribution in [0, 0.1) is 5.92 Å². The van der Waals surface area contributed by atoms with Gasteiger partial charge in [0.15, 0.2) is 0 Å². The number of rotatable bonds is 4. The maximum atomic E-state index is 10.7. The third kappa shape index (κ3) is 3.12. The molecule has 2 rings (SSSR count). The van der Waals surface area contributed by atoms with E-state index >= 15 is 0 Å². The first kappa shape index (κ1) is 13.6. The Balaban J connectivity index is 2.05. The molecule has 0 aromatic heterocycles. The van der Waals surface area contributed by atoms with Crippen molar-refractivity contribution >= 4 is 22.3 Å². The van der Waals surface area contributed by atoms with Crippen LogP contribution in [0.15, 0.2) is 28.7 Å². The van der Waals surface area contributed by atoms with E-state index in [4.69, 9.17) is 5.73 Å². The number of nitrogens with two attached hydrogens (primary N) is 1. The van der Waals surface area contributed by atoms with Gasteiger partial charge < -0.3 is 10.6 Å². The standard InChI is InChI=1S/C14H19BrN2O/c15-13-3-1-11(2-4-13)14(9-16)12-5-7-17(10-18)8-6-12/h1-4,10,12,14H,5-9,16H2/t14-/m0/s1. The van der Waals surface area contributed by atoms with Gasteiger partial charge in [0.25, 0.3) is 0 Å². The van der Waals surface area contributed by atoms with Crippen LogP contribution < -0.4 is 5.73 Å². The number of amides is 1. The van der Waals surface area contributed by atoms with Crippen LogP contribution in [0.25, 0.3) is 0 Å². The minimum atomic E-state index is 0.409. The molecule has 1 atom stereocenters. The molecule has 1 saturated heterocycles. The highest BCUT2D eigenvalue weighted by molar-refractivity contribution is 9.10. The van der Waals surface area contributed by atoms with Gasteiger partial charge in [-0.1, -0.05) is 28.1 Å². The van der Waals surface area contributed by atoms with Crippen molar-refractivity contribution in [3.05, 3.63) is 34.3 Å². The van der Waals surface area contributed by atoms with E-state index in [-0.39, 0.29) is 0 Å². The molecule has 1 amide bonds. The molecule has 0 spiro atoms. The van der Waals surface area contributed by atoms with Gasteiger partial charge in [0.2, 0.25) is 6.41 Å². The van der Waals surface area contributed by atoms with E-state index in [2.05, 4.69) is 40.2 Å². The molecule has 3 nitrogen and oxygen atoms in total. The fourth-order valence-electron chi connectivity index (χ4n) is 2.74. The van der Waals surface area contributed by atoms with E-state index in [1.807, 2.05) is 4.90 Å². The smallest absolute Gasteiger partial charge is 0.209 e. The van der Waals surface area contributed by atoms with Crippen molar-refractivity contribution in [1.82, 2.24) is 4.90 Å². The van der Waals surface area contributed by atoms with Crippen LogP contribution in [0.1, 0.15) is 24.3 Å². The number of carbonyl (C=O) groups is 1. The number of hydrogen-bond donors (Lipinski definition) is 1. The lowest BCUT2D eigenvalue weighted by atomic mass is 9.80. The molecule has 1 aliphatic heterocycles. The number of piperidine rings is 1. The Bertz CT molecular complexity index is 385. The molecule has 1 aromatic carbocycles. The lowest BCUT2D eigenvalue weighted by Crippen LogP contribution is -2.36. The second-order valence-corrected chi connectivity index (χ2v) is 5.79. The molecule has 0 aliphatic carbocycles. The zero-order valence-corrected chi connectivity index (χ0v) is 12.0. The number of halogens is 1. The zero-order valence-electron chi connectivity index (χ0n) is 10.4. The van der Waals surface area contributed by atoms with Crippen molar-refractivity contribution in [2.75, 3.05) is 19.6 Å². The fourth-order valence-corrected chi connectivity index (χ4v) is 3.00. The monoisotopic (exact) mass is 310 g/mol. The van der Waals surface area contributed by atoms with Crippen LogP contribution in [0.4, 0.5) is 0 Å². The van der Waals surface area contributed by atoms with Gasteiger partial charge >= 0.3 is 0 Å². The van der Waals surface area contributed by atoms with Crippen LogP contribution in [0.3, 0.4) is 0 Å². The molecule has 2 N–H and O–H groups in total. The van der Waals surface area contributed by atoms with E-state index < -0.39 is 0 Å². The van der Waals surface area contributed by atoms with Gasteiger partial charge in [-0.25, -0.2) is 0 Å². The topological polar surface area (TPSA) is 46.3 Å². The predicted molar refractivity (Wildman–Crippen MR) is 76.3 cm³/mol. The van der Waals surface area contributed by atoms with Gasteiger partial charge in [0.1, 0.15) is 0 Å². The summed E-state index contributed by atoms with van der Waals surface area (Å²) >= 11 is 3.45. The summed E-state index contributed by atoms with van der Waals surface area (Å²) < 4.78 is 1.10. The lowest BCUT2D eigenvalue weighted by molar-refractivity contribution is -0.119. The summed E-state index contributed by atoms with van der Waals surface area (Å²) in [6, 6.07) is 8.43. The summed E-state index contributed by atoms with van der Waals surface area (Å²) in [6.45, 7) is 2.40. The SMILES string of the molecule is NC[C@@H](c1ccc(Br)cc1)C1CCN(C=O)CC1. The maximum Gasteiger partial charge on any atom is 0.209 e. The molecule has 0 radical (unpaired) electrons. The Kier molecular flexibility index (Phi) is 4.78. The van der Waals surface area contributed by atoms with E-state index in [0.717, 1.165) is 36.8 Å². The molecular formula is C14H19BrN2O. The third-order valence-electron chi connectivity index (χ3n) is 3.84. The second kappa shape index (κ2) is 6.34. The summed E-state index contributed by atoms with van der Waals surface area (Å²) in [7, 11) is 0. The van der Waals surface area contributed by atoms with Crippen LogP contribution in [0.5, 0.6) is 0 Å². The lowest BCUT2D eigenvalue weighted by Gasteiger charge is -2.34. The molecule has 1 fully saturated rings. The number of benzene rings is 1. The molecule has 0 unspecified atom stereocenters. The summed E-state index contributed by atoms with van der Waals surface area (Å²) in [5.41, 5.74) is 7.26. The summed E-state index contributed by atoms with van der Waals surface area (Å²) in [5.74, 6) is 0.999. The van der Waals surface area contributed by atoms with Gasteiger partial charge in [-0.05, 0) is 48.9 Å². The van der Waals surface area contributed by atoms with Crippen molar-refractivity contribution in [2.45, 2.75) is 18.8 Å². The molecule has 4 heteroatoms. The molecule has 1 aromatic rings. The minimum Gasteiger partial charge on any atom is -0.345 e. The molecule has 1 aliphatic rings. The summed E-state index contributed by atoms with van der Waals surface area (Å²) in [5, 5.41) is 0. The van der Waals surface area contributed by atoms with Crippen molar-refractivity contribution in [3.63, 3.8) is 0 Å². The molecule has 1 heterocycles. The van der Waals surface area contributed by atoms with Gasteiger partial charge in [0, 0.05) is 17.6 Å². The van der Waals surface area contributed by atoms with Crippen LogP contribution in [0.2, 0.25) is 0 Å². The Labute approximate surface area is 116 Å². The highest BCUT2D eigenvalue weighted by Crippen LogP contribution is 2.32. The van der Waals surface area contributed by atoms with Crippen LogP contribution in [-0.4, -0.2) is 30.9 Å². The first-order valence-electron chi connectivity index (χ1n) is 6.39. The van der Waals surface area contributed by atoms with Gasteiger partial charge in [-0.15, -0.1) is 0 Å². The van der Waals surface area contributed by atoms with Gasteiger partial charge in [0.05, 0.1) is 0 Å². The number of nitrogens with zero attached hydrogens (tertiary/aromatic N) is 1. The van der Waals surface area contributed by atoms with Crippen molar-refractivity contribution in [2.24, 2.45) is 11.7 Å². The van der Waals surface area contributed by atoms with E-state index in [9.17, 15) is 4.79 Å². The van der Waals surface area contributed by atoms with Crippen molar-refractivity contribution < 1.29 is 4.79 Å². The Hall–Kier alpha value is -0.870. The van der Waals surface area contributed by atoms with E-state index in [1.165, 1.54) is 5.56 Å². The number of likely N-dealkylation sites (tertiary alicyclic amines) is 1. The fraction of sp³-hybridized carbons (Fsp3) is 0.500. The zero-order chi connectivity index (χ0) is 13.0. The largest absolute Gasteiger partial charge is 0.345 e. The first-order chi connectivity index (χ1) is 8.74. The highest BCUT2D eigenvalue weighted by Gasteiger charge is 2.26. The summed E-state index contributed by atoms with van der Waals surface area (Å²) in [4.78, 5) is 12.6. The van der Waals surface area contributed by atoms with Crippen LogP contribution >= 0.6 is 15.9 Å². The predicted octanol–water partition coefficient (Wildman–Crippen LogP) is 2.36. The molecule has 0 bridgehead atoms. The Morgan fingerprint density at radius 1 is 1.33 bits per heavy atom. The first-order valence-corrected chi connectivity index (χ1v) is 7.18. The number of carbonyl (C=O) groups excluding carboxylic acids is 1. The molecule has 0 saturated carbocycles. The molecule has 98 valence electrons. The molecule has 18 heavy (non-hydrogen) atoms. The maximum absolute atomic E-state index is 10.7. The molecular weight excluding hydrogens is 292 g/mol. The second-order valence-electron chi connectivity index (χ2n) is 4.87. The Morgan fingerprint density at radius 3 is 2.44 bits per heavy atom. The van der Waals surface area contributed by atoms with E-state index in [0.29, 0.717) is 18.4 Å². The average Bonchev–Trinajstić information content (AvgIpc) is 2.42. The van der Waals surface area contributed by atoms with Crippen molar-refractivity contribution in [1.29, 1.82) is 0 Å².